The first kappa shape index (κ1) is 12.6. The standard InChI is InChI=1S/C10H16N4OS2/c1-2-11-9-13-14-10(17-9)16-6-8(15)12-5-7-3-4-7/h7H,2-6H2,1H3,(H,11,13)(H,12,15). The van der Waals surface area contributed by atoms with Crippen LogP contribution in [-0.2, 0) is 4.79 Å². The molecule has 0 aromatic carbocycles. The second-order valence-corrected chi connectivity index (χ2v) is 6.14. The van der Waals surface area contributed by atoms with Crippen LogP contribution >= 0.6 is 23.1 Å². The summed E-state index contributed by atoms with van der Waals surface area (Å²) < 4.78 is 0.836. The average Bonchev–Trinajstić information content (AvgIpc) is 3.05. The van der Waals surface area contributed by atoms with E-state index >= 15 is 0 Å². The summed E-state index contributed by atoms with van der Waals surface area (Å²) in [6.07, 6.45) is 2.52. The van der Waals surface area contributed by atoms with E-state index < -0.39 is 0 Å². The fourth-order valence-corrected chi connectivity index (χ4v) is 2.90. The third-order valence-electron chi connectivity index (χ3n) is 2.35. The molecule has 5 nitrogen and oxygen atoms in total. The van der Waals surface area contributed by atoms with Crippen molar-refractivity contribution in [3.63, 3.8) is 0 Å². The Hall–Kier alpha value is -0.820. The number of hydrogen-bond donors (Lipinski definition) is 2. The van der Waals surface area contributed by atoms with Gasteiger partial charge in [-0.25, -0.2) is 0 Å². The zero-order valence-electron chi connectivity index (χ0n) is 9.73. The van der Waals surface area contributed by atoms with Crippen LogP contribution in [0.25, 0.3) is 0 Å². The highest BCUT2D eigenvalue weighted by molar-refractivity contribution is 8.01. The zero-order chi connectivity index (χ0) is 12.1. The van der Waals surface area contributed by atoms with Crippen molar-refractivity contribution in [3.05, 3.63) is 0 Å². The molecule has 1 saturated carbocycles. The molecule has 0 aliphatic heterocycles. The van der Waals surface area contributed by atoms with E-state index in [1.54, 1.807) is 0 Å². The summed E-state index contributed by atoms with van der Waals surface area (Å²) in [7, 11) is 0. The Labute approximate surface area is 109 Å². The molecule has 0 spiro atoms. The van der Waals surface area contributed by atoms with Crippen LogP contribution in [0.3, 0.4) is 0 Å². The molecule has 1 heterocycles. The second kappa shape index (κ2) is 6.20. The van der Waals surface area contributed by atoms with Gasteiger partial charge in [-0.1, -0.05) is 23.1 Å². The zero-order valence-corrected chi connectivity index (χ0v) is 11.4. The number of carbonyl (C=O) groups excluding carboxylic acids is 1. The minimum Gasteiger partial charge on any atom is -0.360 e. The maximum atomic E-state index is 11.5. The smallest absolute Gasteiger partial charge is 0.230 e. The van der Waals surface area contributed by atoms with Crippen LogP contribution in [-0.4, -0.2) is 34.9 Å². The second-order valence-electron chi connectivity index (χ2n) is 3.94. The Bertz CT molecular complexity index is 378. The predicted octanol–water partition coefficient (Wildman–Crippen LogP) is 1.59. The van der Waals surface area contributed by atoms with E-state index in [0.29, 0.717) is 5.75 Å². The first-order valence-electron chi connectivity index (χ1n) is 5.74. The molecule has 17 heavy (non-hydrogen) atoms. The van der Waals surface area contributed by atoms with Crippen LogP contribution < -0.4 is 10.6 Å². The highest BCUT2D eigenvalue weighted by atomic mass is 32.2. The Morgan fingerprint density at radius 3 is 3.06 bits per heavy atom. The Kier molecular flexibility index (Phi) is 4.61. The number of thioether (sulfide) groups is 1. The third kappa shape index (κ3) is 4.51. The van der Waals surface area contributed by atoms with Crippen molar-refractivity contribution in [2.45, 2.75) is 24.1 Å². The Morgan fingerprint density at radius 1 is 1.53 bits per heavy atom. The van der Waals surface area contributed by atoms with Crippen molar-refractivity contribution in [3.8, 4) is 0 Å². The average molecular weight is 272 g/mol. The molecule has 0 bridgehead atoms. The van der Waals surface area contributed by atoms with E-state index in [1.165, 1.54) is 35.9 Å². The topological polar surface area (TPSA) is 66.9 Å². The van der Waals surface area contributed by atoms with Gasteiger partial charge in [0, 0.05) is 13.1 Å². The van der Waals surface area contributed by atoms with Crippen LogP contribution in [0.2, 0.25) is 0 Å². The molecule has 0 radical (unpaired) electrons. The molecule has 1 amide bonds. The number of carbonyl (C=O) groups is 1. The number of nitrogens with zero attached hydrogens (tertiary/aromatic N) is 2. The summed E-state index contributed by atoms with van der Waals surface area (Å²) in [4.78, 5) is 11.5. The molecule has 1 aliphatic rings. The van der Waals surface area contributed by atoms with Gasteiger partial charge in [-0.15, -0.1) is 10.2 Å². The largest absolute Gasteiger partial charge is 0.360 e. The molecule has 1 fully saturated rings. The molecule has 94 valence electrons. The lowest BCUT2D eigenvalue weighted by atomic mass is 10.4. The van der Waals surface area contributed by atoms with Crippen molar-refractivity contribution >= 4 is 34.1 Å². The molecule has 0 unspecified atom stereocenters. The predicted molar refractivity (Wildman–Crippen MR) is 70.5 cm³/mol. The van der Waals surface area contributed by atoms with Crippen LogP contribution in [0.5, 0.6) is 0 Å². The summed E-state index contributed by atoms with van der Waals surface area (Å²) in [5.41, 5.74) is 0. The Morgan fingerprint density at radius 2 is 2.35 bits per heavy atom. The molecular weight excluding hydrogens is 256 g/mol. The van der Waals surface area contributed by atoms with Crippen molar-refractivity contribution in [1.82, 2.24) is 15.5 Å². The van der Waals surface area contributed by atoms with Crippen LogP contribution in [0.1, 0.15) is 19.8 Å². The summed E-state index contributed by atoms with van der Waals surface area (Å²) in [6.45, 7) is 3.68. The van der Waals surface area contributed by atoms with E-state index in [9.17, 15) is 4.79 Å². The molecular formula is C10H16N4OS2. The third-order valence-corrected chi connectivity index (χ3v) is 4.36. The van der Waals surface area contributed by atoms with Crippen molar-refractivity contribution < 1.29 is 4.79 Å². The number of anilines is 1. The van der Waals surface area contributed by atoms with E-state index in [2.05, 4.69) is 20.8 Å². The molecule has 1 aliphatic carbocycles. The lowest BCUT2D eigenvalue weighted by molar-refractivity contribution is -0.118. The van der Waals surface area contributed by atoms with E-state index in [-0.39, 0.29) is 5.91 Å². The van der Waals surface area contributed by atoms with Crippen molar-refractivity contribution in [2.24, 2.45) is 5.92 Å². The molecule has 2 rings (SSSR count). The van der Waals surface area contributed by atoms with Gasteiger partial charge in [-0.3, -0.25) is 4.79 Å². The SMILES string of the molecule is CCNc1nnc(SCC(=O)NCC2CC2)s1. The highest BCUT2D eigenvalue weighted by Gasteiger charge is 2.21. The first-order valence-corrected chi connectivity index (χ1v) is 7.55. The Balaban J connectivity index is 1.66. The molecule has 7 heteroatoms. The van der Waals surface area contributed by atoms with E-state index in [0.717, 1.165) is 28.5 Å². The van der Waals surface area contributed by atoms with Gasteiger partial charge in [0.2, 0.25) is 11.0 Å². The fraction of sp³-hybridized carbons (Fsp3) is 0.700. The van der Waals surface area contributed by atoms with E-state index in [1.807, 2.05) is 6.92 Å². The monoisotopic (exact) mass is 272 g/mol. The lowest BCUT2D eigenvalue weighted by Crippen LogP contribution is -2.27. The van der Waals surface area contributed by atoms with Crippen LogP contribution in [0, 0.1) is 5.92 Å². The van der Waals surface area contributed by atoms with E-state index in [4.69, 9.17) is 0 Å². The van der Waals surface area contributed by atoms with Gasteiger partial charge in [0.25, 0.3) is 0 Å². The first-order chi connectivity index (χ1) is 8.28. The van der Waals surface area contributed by atoms with Crippen molar-refractivity contribution in [1.29, 1.82) is 0 Å². The minimum atomic E-state index is 0.0853. The molecule has 1 aromatic heterocycles. The number of amides is 1. The lowest BCUT2D eigenvalue weighted by Gasteiger charge is -2.01. The van der Waals surface area contributed by atoms with Crippen LogP contribution in [0.15, 0.2) is 4.34 Å². The number of aromatic nitrogens is 2. The normalized spacial score (nSPS) is 14.6. The maximum absolute atomic E-state index is 11.5. The maximum Gasteiger partial charge on any atom is 0.230 e. The number of nitrogens with one attached hydrogen (secondary N) is 2. The van der Waals surface area contributed by atoms with Gasteiger partial charge in [0.05, 0.1) is 5.75 Å². The van der Waals surface area contributed by atoms with Gasteiger partial charge in [-0.2, -0.15) is 0 Å². The van der Waals surface area contributed by atoms with Crippen LogP contribution in [0.4, 0.5) is 5.13 Å². The summed E-state index contributed by atoms with van der Waals surface area (Å²) in [5.74, 6) is 1.24. The minimum absolute atomic E-state index is 0.0853. The van der Waals surface area contributed by atoms with Gasteiger partial charge in [0.1, 0.15) is 0 Å². The molecule has 0 saturated heterocycles. The quantitative estimate of drug-likeness (QED) is 0.738. The molecule has 0 atom stereocenters. The van der Waals surface area contributed by atoms with Gasteiger partial charge in [0.15, 0.2) is 4.34 Å². The van der Waals surface area contributed by atoms with Gasteiger partial charge >= 0.3 is 0 Å². The number of rotatable bonds is 7. The summed E-state index contributed by atoms with van der Waals surface area (Å²) >= 11 is 2.93. The van der Waals surface area contributed by atoms with Gasteiger partial charge < -0.3 is 10.6 Å². The van der Waals surface area contributed by atoms with Gasteiger partial charge in [-0.05, 0) is 25.7 Å². The van der Waals surface area contributed by atoms with Crippen molar-refractivity contribution in [2.75, 3.05) is 24.2 Å². The molecule has 1 aromatic rings. The summed E-state index contributed by atoms with van der Waals surface area (Å²) in [5, 5.41) is 14.8. The fourth-order valence-electron chi connectivity index (χ4n) is 1.25. The highest BCUT2D eigenvalue weighted by Crippen LogP contribution is 2.28. The molecule has 2 N–H and O–H groups in total. The summed E-state index contributed by atoms with van der Waals surface area (Å²) in [6, 6.07) is 0. The number of hydrogen-bond acceptors (Lipinski definition) is 6.